The van der Waals surface area contributed by atoms with E-state index in [4.69, 9.17) is 5.73 Å². The fraction of sp³-hybridized carbons (Fsp3) is 0.846. The van der Waals surface area contributed by atoms with Crippen molar-refractivity contribution in [3.63, 3.8) is 0 Å². The Labute approximate surface area is 88.8 Å². The molecule has 1 atom stereocenters. The van der Waals surface area contributed by atoms with Gasteiger partial charge in [-0.1, -0.05) is 38.2 Å². The molecular weight excluding hydrogens is 170 g/mol. The van der Waals surface area contributed by atoms with Crippen molar-refractivity contribution >= 4 is 0 Å². The molecule has 0 aliphatic heterocycles. The highest BCUT2D eigenvalue weighted by atomic mass is 14.5. The van der Waals surface area contributed by atoms with Gasteiger partial charge in [-0.2, -0.15) is 0 Å². The lowest BCUT2D eigenvalue weighted by atomic mass is 9.96. The molecule has 0 saturated heterocycles. The van der Waals surface area contributed by atoms with E-state index in [1.807, 2.05) is 6.08 Å². The van der Waals surface area contributed by atoms with Gasteiger partial charge in [0.2, 0.25) is 0 Å². The average Bonchev–Trinajstić information content (AvgIpc) is 3.01. The molecule has 1 unspecified atom stereocenters. The molecule has 1 aliphatic carbocycles. The standard InChI is InChI=1S/C13H25N/c1-2-3-6-13(11-14)8-5-4-7-12-9-10-12/h2,12-13H,1,3-11,14H2. The van der Waals surface area contributed by atoms with Crippen molar-refractivity contribution in [2.24, 2.45) is 17.6 Å². The molecule has 1 nitrogen and oxygen atoms in total. The van der Waals surface area contributed by atoms with E-state index in [1.165, 1.54) is 44.9 Å². The SMILES string of the molecule is C=CCCC(CN)CCCCC1CC1. The lowest BCUT2D eigenvalue weighted by Gasteiger charge is -2.12. The van der Waals surface area contributed by atoms with E-state index in [9.17, 15) is 0 Å². The van der Waals surface area contributed by atoms with Crippen molar-refractivity contribution in [1.82, 2.24) is 0 Å². The minimum atomic E-state index is 0.743. The third kappa shape index (κ3) is 5.43. The first-order valence-corrected chi connectivity index (χ1v) is 6.17. The van der Waals surface area contributed by atoms with Crippen LogP contribution in [0.25, 0.3) is 0 Å². The summed E-state index contributed by atoms with van der Waals surface area (Å²) in [5, 5.41) is 0. The Kier molecular flexibility index (Phi) is 5.93. The van der Waals surface area contributed by atoms with Gasteiger partial charge in [-0.3, -0.25) is 0 Å². The van der Waals surface area contributed by atoms with Crippen molar-refractivity contribution in [3.8, 4) is 0 Å². The van der Waals surface area contributed by atoms with Gasteiger partial charge >= 0.3 is 0 Å². The number of rotatable bonds is 9. The Morgan fingerprint density at radius 3 is 2.64 bits per heavy atom. The van der Waals surface area contributed by atoms with Gasteiger partial charge in [0.25, 0.3) is 0 Å². The molecule has 0 radical (unpaired) electrons. The van der Waals surface area contributed by atoms with E-state index in [0.717, 1.165) is 24.8 Å². The minimum Gasteiger partial charge on any atom is -0.330 e. The van der Waals surface area contributed by atoms with Gasteiger partial charge in [0.15, 0.2) is 0 Å². The van der Waals surface area contributed by atoms with Gasteiger partial charge in [-0.25, -0.2) is 0 Å². The summed E-state index contributed by atoms with van der Waals surface area (Å²) in [5.74, 6) is 1.84. The number of allylic oxidation sites excluding steroid dienone is 1. The lowest BCUT2D eigenvalue weighted by Crippen LogP contribution is -2.14. The molecule has 14 heavy (non-hydrogen) atoms. The zero-order valence-corrected chi connectivity index (χ0v) is 9.38. The van der Waals surface area contributed by atoms with Crippen molar-refractivity contribution in [3.05, 3.63) is 12.7 Å². The summed E-state index contributed by atoms with van der Waals surface area (Å²) >= 11 is 0. The highest BCUT2D eigenvalue weighted by molar-refractivity contribution is 4.74. The van der Waals surface area contributed by atoms with Crippen LogP contribution in [0.2, 0.25) is 0 Å². The van der Waals surface area contributed by atoms with Crippen LogP contribution in [0.5, 0.6) is 0 Å². The highest BCUT2D eigenvalue weighted by Gasteiger charge is 2.20. The Morgan fingerprint density at radius 1 is 1.29 bits per heavy atom. The largest absolute Gasteiger partial charge is 0.330 e. The van der Waals surface area contributed by atoms with Crippen LogP contribution in [0.4, 0.5) is 0 Å². The van der Waals surface area contributed by atoms with Crippen molar-refractivity contribution < 1.29 is 0 Å². The molecule has 1 fully saturated rings. The van der Waals surface area contributed by atoms with Crippen LogP contribution < -0.4 is 5.73 Å². The van der Waals surface area contributed by atoms with E-state index >= 15 is 0 Å². The Morgan fingerprint density at radius 2 is 2.07 bits per heavy atom. The molecule has 2 N–H and O–H groups in total. The second kappa shape index (κ2) is 7.05. The number of hydrogen-bond donors (Lipinski definition) is 1. The van der Waals surface area contributed by atoms with Gasteiger partial charge in [-0.05, 0) is 37.6 Å². The molecular formula is C13H25N. The van der Waals surface area contributed by atoms with E-state index < -0.39 is 0 Å². The average molecular weight is 195 g/mol. The van der Waals surface area contributed by atoms with E-state index in [1.54, 1.807) is 0 Å². The fourth-order valence-electron chi connectivity index (χ4n) is 2.01. The molecule has 0 aromatic heterocycles. The molecule has 1 heteroatoms. The Bertz CT molecular complexity index is 149. The first-order valence-electron chi connectivity index (χ1n) is 6.17. The smallest absolute Gasteiger partial charge is 0.00488 e. The van der Waals surface area contributed by atoms with Crippen molar-refractivity contribution in [2.75, 3.05) is 6.54 Å². The maximum absolute atomic E-state index is 5.73. The summed E-state index contributed by atoms with van der Waals surface area (Å²) in [6.45, 7) is 4.61. The van der Waals surface area contributed by atoms with Gasteiger partial charge in [0, 0.05) is 0 Å². The van der Waals surface area contributed by atoms with Crippen LogP contribution in [-0.4, -0.2) is 6.54 Å². The number of unbranched alkanes of at least 4 members (excludes halogenated alkanes) is 1. The van der Waals surface area contributed by atoms with Gasteiger partial charge in [-0.15, -0.1) is 6.58 Å². The van der Waals surface area contributed by atoms with Gasteiger partial charge in [0.05, 0.1) is 0 Å². The summed E-state index contributed by atoms with van der Waals surface area (Å²) in [6.07, 6.45) is 13.0. The van der Waals surface area contributed by atoms with Gasteiger partial charge in [0.1, 0.15) is 0 Å². The topological polar surface area (TPSA) is 26.0 Å². The molecule has 1 rings (SSSR count). The van der Waals surface area contributed by atoms with Crippen LogP contribution in [0.3, 0.4) is 0 Å². The molecule has 1 saturated carbocycles. The zero-order valence-electron chi connectivity index (χ0n) is 9.38. The first-order chi connectivity index (χ1) is 6.86. The first kappa shape index (κ1) is 11.8. The maximum atomic E-state index is 5.73. The molecule has 0 bridgehead atoms. The van der Waals surface area contributed by atoms with E-state index in [-0.39, 0.29) is 0 Å². The molecule has 0 heterocycles. The molecule has 82 valence electrons. The number of hydrogen-bond acceptors (Lipinski definition) is 1. The molecule has 0 aromatic carbocycles. The Balaban J connectivity index is 1.92. The van der Waals surface area contributed by atoms with Crippen LogP contribution in [0.1, 0.15) is 51.4 Å². The third-order valence-electron chi connectivity index (χ3n) is 3.28. The third-order valence-corrected chi connectivity index (χ3v) is 3.28. The molecule has 1 aliphatic rings. The minimum absolute atomic E-state index is 0.743. The zero-order chi connectivity index (χ0) is 10.2. The molecule has 0 amide bonds. The quantitative estimate of drug-likeness (QED) is 0.442. The van der Waals surface area contributed by atoms with Crippen LogP contribution >= 0.6 is 0 Å². The van der Waals surface area contributed by atoms with E-state index in [0.29, 0.717) is 0 Å². The van der Waals surface area contributed by atoms with Gasteiger partial charge < -0.3 is 5.73 Å². The van der Waals surface area contributed by atoms with E-state index in [2.05, 4.69) is 6.58 Å². The second-order valence-corrected chi connectivity index (χ2v) is 4.70. The fourth-order valence-corrected chi connectivity index (χ4v) is 2.01. The maximum Gasteiger partial charge on any atom is -0.00488 e. The summed E-state index contributed by atoms with van der Waals surface area (Å²) in [7, 11) is 0. The van der Waals surface area contributed by atoms with Crippen LogP contribution in [-0.2, 0) is 0 Å². The molecule has 0 aromatic rings. The lowest BCUT2D eigenvalue weighted by molar-refractivity contribution is 0.434. The predicted molar refractivity (Wildman–Crippen MR) is 63.2 cm³/mol. The second-order valence-electron chi connectivity index (χ2n) is 4.70. The molecule has 0 spiro atoms. The summed E-state index contributed by atoms with van der Waals surface area (Å²) < 4.78 is 0. The Hall–Kier alpha value is -0.300. The summed E-state index contributed by atoms with van der Waals surface area (Å²) in [6, 6.07) is 0. The predicted octanol–water partition coefficient (Wildman–Crippen LogP) is 3.50. The summed E-state index contributed by atoms with van der Waals surface area (Å²) in [5.41, 5.74) is 5.73. The number of nitrogens with two attached hydrogens (primary N) is 1. The highest BCUT2D eigenvalue weighted by Crippen LogP contribution is 2.34. The normalized spacial score (nSPS) is 18.1. The van der Waals surface area contributed by atoms with Crippen LogP contribution in [0, 0.1) is 11.8 Å². The van der Waals surface area contributed by atoms with Crippen molar-refractivity contribution in [1.29, 1.82) is 0 Å². The van der Waals surface area contributed by atoms with Crippen LogP contribution in [0.15, 0.2) is 12.7 Å². The van der Waals surface area contributed by atoms with Crippen molar-refractivity contribution in [2.45, 2.75) is 51.4 Å². The monoisotopic (exact) mass is 195 g/mol. The summed E-state index contributed by atoms with van der Waals surface area (Å²) in [4.78, 5) is 0.